The molecule has 0 aliphatic carbocycles. The summed E-state index contributed by atoms with van der Waals surface area (Å²) in [6.45, 7) is 4.04. The molecule has 0 N–H and O–H groups in total. The van der Waals surface area contributed by atoms with Crippen molar-refractivity contribution in [2.24, 2.45) is 0 Å². The molecule has 0 saturated heterocycles. The van der Waals surface area contributed by atoms with Gasteiger partial charge in [0.2, 0.25) is 12.7 Å². The lowest BCUT2D eigenvalue weighted by atomic mass is 10.2. The zero-order valence-electron chi connectivity index (χ0n) is 12.5. The fourth-order valence-electron chi connectivity index (χ4n) is 2.26. The van der Waals surface area contributed by atoms with Gasteiger partial charge in [-0.25, -0.2) is 0 Å². The van der Waals surface area contributed by atoms with Crippen LogP contribution in [0.4, 0.5) is 0 Å². The highest BCUT2D eigenvalue weighted by molar-refractivity contribution is 7.98. The van der Waals surface area contributed by atoms with Crippen LogP contribution in [-0.2, 0) is 5.75 Å². The lowest BCUT2D eigenvalue weighted by molar-refractivity contribution is 0.174. The Morgan fingerprint density at radius 3 is 2.83 bits per heavy atom. The van der Waals surface area contributed by atoms with Crippen LogP contribution in [-0.4, -0.2) is 22.1 Å². The lowest BCUT2D eigenvalue weighted by Crippen LogP contribution is -1.92. The predicted octanol–water partition coefficient (Wildman–Crippen LogP) is 3.36. The van der Waals surface area contributed by atoms with Crippen LogP contribution in [0, 0.1) is 13.8 Å². The Hall–Kier alpha value is -2.48. The molecule has 118 valence electrons. The summed E-state index contributed by atoms with van der Waals surface area (Å²) in [6, 6.07) is 5.53. The molecule has 4 rings (SSSR count). The van der Waals surface area contributed by atoms with Crippen LogP contribution < -0.4 is 9.47 Å². The maximum Gasteiger partial charge on any atom is 0.277 e. The van der Waals surface area contributed by atoms with Crippen LogP contribution in [0.3, 0.4) is 0 Å². The van der Waals surface area contributed by atoms with Crippen molar-refractivity contribution in [2.75, 3.05) is 6.79 Å². The van der Waals surface area contributed by atoms with Gasteiger partial charge in [-0.05, 0) is 32.0 Å². The van der Waals surface area contributed by atoms with E-state index in [1.165, 1.54) is 11.8 Å². The molecule has 23 heavy (non-hydrogen) atoms. The second kappa shape index (κ2) is 5.62. The van der Waals surface area contributed by atoms with E-state index in [9.17, 15) is 0 Å². The second-order valence-corrected chi connectivity index (χ2v) is 5.96. The summed E-state index contributed by atoms with van der Waals surface area (Å²) in [5, 5.41) is 12.6. The minimum atomic E-state index is 0.237. The molecule has 0 radical (unpaired) electrons. The third-order valence-corrected chi connectivity index (χ3v) is 4.39. The molecule has 3 aromatic rings. The molecular weight excluding hydrogens is 318 g/mol. The van der Waals surface area contributed by atoms with Crippen molar-refractivity contribution in [3.05, 3.63) is 35.2 Å². The fraction of sp³-hybridized carbons (Fsp3) is 0.267. The summed E-state index contributed by atoms with van der Waals surface area (Å²) in [7, 11) is 0. The normalized spacial score (nSPS) is 12.8. The summed E-state index contributed by atoms with van der Waals surface area (Å²) < 4.78 is 21.5. The van der Waals surface area contributed by atoms with E-state index in [1.807, 2.05) is 32.0 Å². The van der Waals surface area contributed by atoms with Gasteiger partial charge in [-0.3, -0.25) is 0 Å². The molecule has 0 amide bonds. The van der Waals surface area contributed by atoms with Gasteiger partial charge in [0, 0.05) is 16.9 Å². The van der Waals surface area contributed by atoms with Gasteiger partial charge in [0.15, 0.2) is 11.5 Å². The van der Waals surface area contributed by atoms with E-state index in [1.54, 1.807) is 0 Å². The van der Waals surface area contributed by atoms with Crippen molar-refractivity contribution in [3.8, 4) is 23.0 Å². The van der Waals surface area contributed by atoms with Crippen LogP contribution >= 0.6 is 11.8 Å². The number of hydrogen-bond donors (Lipinski definition) is 0. The first-order valence-electron chi connectivity index (χ1n) is 6.99. The summed E-state index contributed by atoms with van der Waals surface area (Å²) in [6.07, 6.45) is 0. The molecule has 3 heterocycles. The van der Waals surface area contributed by atoms with Crippen LogP contribution in [0.5, 0.6) is 11.5 Å². The molecule has 0 fully saturated rings. The van der Waals surface area contributed by atoms with Gasteiger partial charge in [0.1, 0.15) is 5.76 Å². The monoisotopic (exact) mass is 331 g/mol. The summed E-state index contributed by atoms with van der Waals surface area (Å²) in [5.41, 5.74) is 2.73. The Kier molecular flexibility index (Phi) is 3.45. The zero-order valence-corrected chi connectivity index (χ0v) is 13.3. The number of fused-ring (bicyclic) bond motifs is 1. The SMILES string of the molecule is Cc1noc(C)c1CSc1nnc(-c2ccc3c(c2)OCO3)o1. The number of benzene rings is 1. The number of rotatable bonds is 4. The van der Waals surface area contributed by atoms with Crippen molar-refractivity contribution < 1.29 is 18.4 Å². The zero-order chi connectivity index (χ0) is 15.8. The molecule has 0 unspecified atom stereocenters. The van der Waals surface area contributed by atoms with E-state index in [-0.39, 0.29) is 6.79 Å². The fourth-order valence-corrected chi connectivity index (χ4v) is 3.17. The number of aryl methyl sites for hydroxylation is 2. The average Bonchev–Trinajstić information content (AvgIpc) is 3.26. The number of aromatic nitrogens is 3. The quantitative estimate of drug-likeness (QED) is 0.673. The van der Waals surface area contributed by atoms with Crippen molar-refractivity contribution in [3.63, 3.8) is 0 Å². The third kappa shape index (κ3) is 2.65. The minimum absolute atomic E-state index is 0.237. The maximum absolute atomic E-state index is 5.70. The molecule has 8 heteroatoms. The smallest absolute Gasteiger partial charge is 0.277 e. The standard InChI is InChI=1S/C15H13N3O4S/c1-8-11(9(2)22-18-8)6-23-15-17-16-14(21-15)10-3-4-12-13(5-10)20-7-19-12/h3-5H,6-7H2,1-2H3. The summed E-state index contributed by atoms with van der Waals surface area (Å²) in [5.74, 6) is 3.34. The van der Waals surface area contributed by atoms with Crippen LogP contribution in [0.25, 0.3) is 11.5 Å². The molecule has 0 saturated carbocycles. The van der Waals surface area contributed by atoms with E-state index in [4.69, 9.17) is 18.4 Å². The molecule has 1 aliphatic rings. The molecule has 0 atom stereocenters. The molecule has 2 aromatic heterocycles. The molecule has 1 aromatic carbocycles. The number of thioether (sulfide) groups is 1. The first-order valence-corrected chi connectivity index (χ1v) is 7.97. The first kappa shape index (κ1) is 14.1. The van der Waals surface area contributed by atoms with Crippen molar-refractivity contribution in [1.82, 2.24) is 15.4 Å². The van der Waals surface area contributed by atoms with Gasteiger partial charge in [-0.1, -0.05) is 16.9 Å². The Balaban J connectivity index is 1.51. The largest absolute Gasteiger partial charge is 0.454 e. The highest BCUT2D eigenvalue weighted by Gasteiger charge is 2.17. The van der Waals surface area contributed by atoms with E-state index >= 15 is 0 Å². The molecule has 1 aliphatic heterocycles. The molecule has 0 spiro atoms. The number of ether oxygens (including phenoxy) is 2. The summed E-state index contributed by atoms with van der Waals surface area (Å²) in [4.78, 5) is 0. The van der Waals surface area contributed by atoms with Gasteiger partial charge in [0.25, 0.3) is 5.22 Å². The van der Waals surface area contributed by atoms with E-state index in [0.717, 1.165) is 28.3 Å². The summed E-state index contributed by atoms with van der Waals surface area (Å²) >= 11 is 1.45. The highest BCUT2D eigenvalue weighted by Crippen LogP contribution is 2.36. The number of hydrogen-bond acceptors (Lipinski definition) is 8. The Bertz CT molecular complexity index is 839. The van der Waals surface area contributed by atoms with Gasteiger partial charge in [-0.15, -0.1) is 10.2 Å². The number of nitrogens with zero attached hydrogens (tertiary/aromatic N) is 3. The molecular formula is C15H13N3O4S. The van der Waals surface area contributed by atoms with E-state index in [0.29, 0.717) is 22.6 Å². The Morgan fingerprint density at radius 1 is 1.13 bits per heavy atom. The lowest BCUT2D eigenvalue weighted by Gasteiger charge is -1.98. The van der Waals surface area contributed by atoms with Crippen molar-refractivity contribution in [1.29, 1.82) is 0 Å². The van der Waals surface area contributed by atoms with Crippen molar-refractivity contribution >= 4 is 11.8 Å². The minimum Gasteiger partial charge on any atom is -0.454 e. The Labute approximate surface area is 136 Å². The van der Waals surface area contributed by atoms with Gasteiger partial charge in [-0.2, -0.15) is 0 Å². The van der Waals surface area contributed by atoms with Gasteiger partial charge >= 0.3 is 0 Å². The average molecular weight is 331 g/mol. The van der Waals surface area contributed by atoms with Crippen molar-refractivity contribution in [2.45, 2.75) is 24.8 Å². The topological polar surface area (TPSA) is 83.4 Å². The van der Waals surface area contributed by atoms with Crippen LogP contribution in [0.1, 0.15) is 17.0 Å². The first-order chi connectivity index (χ1) is 11.2. The molecule has 7 nitrogen and oxygen atoms in total. The van der Waals surface area contributed by atoms with E-state index in [2.05, 4.69) is 15.4 Å². The Morgan fingerprint density at radius 2 is 2.00 bits per heavy atom. The molecule has 0 bridgehead atoms. The maximum atomic E-state index is 5.70. The van der Waals surface area contributed by atoms with Crippen LogP contribution in [0.15, 0.2) is 32.4 Å². The van der Waals surface area contributed by atoms with Gasteiger partial charge in [0.05, 0.1) is 5.69 Å². The third-order valence-electron chi connectivity index (χ3n) is 3.55. The van der Waals surface area contributed by atoms with Gasteiger partial charge < -0.3 is 18.4 Å². The van der Waals surface area contributed by atoms with Crippen LogP contribution in [0.2, 0.25) is 0 Å². The predicted molar refractivity (Wildman–Crippen MR) is 81.4 cm³/mol. The second-order valence-electron chi connectivity index (χ2n) is 5.03. The highest BCUT2D eigenvalue weighted by atomic mass is 32.2. The van der Waals surface area contributed by atoms with E-state index < -0.39 is 0 Å².